The van der Waals surface area contributed by atoms with Crippen molar-refractivity contribution in [2.45, 2.75) is 59.2 Å². The summed E-state index contributed by atoms with van der Waals surface area (Å²) in [5.74, 6) is 2.74. The summed E-state index contributed by atoms with van der Waals surface area (Å²) in [6.07, 6.45) is 4.57. The Hall–Kier alpha value is -3.57. The molecule has 5 nitrogen and oxygen atoms in total. The summed E-state index contributed by atoms with van der Waals surface area (Å²) in [4.78, 5) is 7.85. The predicted octanol–water partition coefficient (Wildman–Crippen LogP) is 7.55. The summed E-state index contributed by atoms with van der Waals surface area (Å²) in [5.41, 5.74) is 5.95. The topological polar surface area (TPSA) is 39.5 Å². The number of rotatable bonds is 12. The lowest BCUT2D eigenvalue weighted by Crippen LogP contribution is -2.26. The Morgan fingerprint density at radius 2 is 1.49 bits per heavy atom. The Kier molecular flexibility index (Phi) is 8.21. The second-order valence-electron chi connectivity index (χ2n) is 9.72. The highest BCUT2D eigenvalue weighted by Crippen LogP contribution is 2.34. The summed E-state index contributed by atoms with van der Waals surface area (Å²) in [6.45, 7) is 8.49. The number of fused-ring (bicyclic) bond motifs is 1. The SMILES string of the molecule is CCCCN(Cc1ccc2c(c1)OCO2)Cc1c(-c2ccccc2)nc(-c2ccccc2)n1CCCC. The minimum Gasteiger partial charge on any atom is -0.454 e. The van der Waals surface area contributed by atoms with Crippen LogP contribution in [0.5, 0.6) is 11.5 Å². The normalized spacial score (nSPS) is 12.4. The number of hydrogen-bond acceptors (Lipinski definition) is 4. The molecule has 0 unspecified atom stereocenters. The Balaban J connectivity index is 1.55. The van der Waals surface area contributed by atoms with E-state index in [1.54, 1.807) is 0 Å². The van der Waals surface area contributed by atoms with Crippen LogP contribution in [0.1, 0.15) is 50.8 Å². The van der Waals surface area contributed by atoms with Gasteiger partial charge < -0.3 is 14.0 Å². The average molecular weight is 496 g/mol. The number of nitrogens with zero attached hydrogens (tertiary/aromatic N) is 3. The van der Waals surface area contributed by atoms with Gasteiger partial charge in [0.2, 0.25) is 6.79 Å². The number of ether oxygens (including phenoxy) is 2. The summed E-state index contributed by atoms with van der Waals surface area (Å²) < 4.78 is 13.7. The van der Waals surface area contributed by atoms with Crippen LogP contribution < -0.4 is 9.47 Å². The lowest BCUT2D eigenvalue weighted by atomic mass is 10.1. The van der Waals surface area contributed by atoms with Gasteiger partial charge in [0.1, 0.15) is 5.82 Å². The molecular weight excluding hydrogens is 458 g/mol. The van der Waals surface area contributed by atoms with E-state index in [2.05, 4.69) is 96.1 Å². The second kappa shape index (κ2) is 12.1. The first kappa shape index (κ1) is 25.1. The third-order valence-electron chi connectivity index (χ3n) is 6.93. The zero-order valence-corrected chi connectivity index (χ0v) is 22.0. The van der Waals surface area contributed by atoms with Gasteiger partial charge >= 0.3 is 0 Å². The molecule has 0 fully saturated rings. The monoisotopic (exact) mass is 495 g/mol. The molecule has 0 atom stereocenters. The van der Waals surface area contributed by atoms with E-state index in [0.717, 1.165) is 80.4 Å². The fraction of sp³-hybridized carbons (Fsp3) is 0.344. The van der Waals surface area contributed by atoms with Crippen LogP contribution in [0, 0.1) is 0 Å². The second-order valence-corrected chi connectivity index (χ2v) is 9.72. The maximum atomic E-state index is 5.66. The largest absolute Gasteiger partial charge is 0.454 e. The first-order valence-corrected chi connectivity index (χ1v) is 13.6. The summed E-state index contributed by atoms with van der Waals surface area (Å²) in [7, 11) is 0. The molecule has 37 heavy (non-hydrogen) atoms. The fourth-order valence-corrected chi connectivity index (χ4v) is 4.94. The molecule has 5 heteroatoms. The van der Waals surface area contributed by atoms with E-state index < -0.39 is 0 Å². The van der Waals surface area contributed by atoms with E-state index in [1.165, 1.54) is 16.8 Å². The number of imidazole rings is 1. The highest BCUT2D eigenvalue weighted by Gasteiger charge is 2.22. The van der Waals surface area contributed by atoms with Crippen molar-refractivity contribution in [2.24, 2.45) is 0 Å². The molecule has 0 saturated heterocycles. The summed E-state index contributed by atoms with van der Waals surface area (Å²) in [5, 5.41) is 0. The molecule has 5 rings (SSSR count). The van der Waals surface area contributed by atoms with Crippen molar-refractivity contribution < 1.29 is 9.47 Å². The van der Waals surface area contributed by atoms with E-state index in [0.29, 0.717) is 6.79 Å². The number of benzene rings is 3. The quantitative estimate of drug-likeness (QED) is 0.203. The van der Waals surface area contributed by atoms with E-state index in [9.17, 15) is 0 Å². The van der Waals surface area contributed by atoms with Crippen LogP contribution in [-0.2, 0) is 19.6 Å². The van der Waals surface area contributed by atoms with Gasteiger partial charge in [0.05, 0.1) is 11.4 Å². The van der Waals surface area contributed by atoms with Gasteiger partial charge in [0.15, 0.2) is 11.5 Å². The van der Waals surface area contributed by atoms with Crippen LogP contribution in [0.4, 0.5) is 0 Å². The first-order valence-electron chi connectivity index (χ1n) is 13.6. The Morgan fingerprint density at radius 3 is 2.22 bits per heavy atom. The van der Waals surface area contributed by atoms with Gasteiger partial charge in [-0.2, -0.15) is 0 Å². The van der Waals surface area contributed by atoms with Gasteiger partial charge in [-0.3, -0.25) is 4.90 Å². The Morgan fingerprint density at radius 1 is 0.784 bits per heavy atom. The zero-order chi connectivity index (χ0) is 25.5. The van der Waals surface area contributed by atoms with Crippen LogP contribution >= 0.6 is 0 Å². The number of hydrogen-bond donors (Lipinski definition) is 0. The lowest BCUT2D eigenvalue weighted by Gasteiger charge is -2.24. The predicted molar refractivity (Wildman–Crippen MR) is 150 cm³/mol. The molecule has 0 aliphatic carbocycles. The minimum absolute atomic E-state index is 0.303. The minimum atomic E-state index is 0.303. The molecule has 0 radical (unpaired) electrons. The Labute approximate surface area is 220 Å². The first-order chi connectivity index (χ1) is 18.3. The maximum absolute atomic E-state index is 5.66. The molecule has 0 bridgehead atoms. The molecule has 1 aliphatic rings. The average Bonchev–Trinajstić information content (AvgIpc) is 3.56. The molecule has 0 N–H and O–H groups in total. The lowest BCUT2D eigenvalue weighted by molar-refractivity contribution is 0.174. The molecule has 0 amide bonds. The van der Waals surface area contributed by atoms with Crippen LogP contribution in [0.2, 0.25) is 0 Å². The third kappa shape index (κ3) is 5.89. The van der Waals surface area contributed by atoms with Gasteiger partial charge in [-0.15, -0.1) is 0 Å². The molecular formula is C32H37N3O2. The summed E-state index contributed by atoms with van der Waals surface area (Å²) >= 11 is 0. The van der Waals surface area contributed by atoms with Gasteiger partial charge in [0.25, 0.3) is 0 Å². The van der Waals surface area contributed by atoms with E-state index in [4.69, 9.17) is 14.5 Å². The van der Waals surface area contributed by atoms with E-state index in [-0.39, 0.29) is 0 Å². The maximum Gasteiger partial charge on any atom is 0.231 e. The van der Waals surface area contributed by atoms with Gasteiger partial charge in [0, 0.05) is 30.8 Å². The molecule has 1 aromatic heterocycles. The third-order valence-corrected chi connectivity index (χ3v) is 6.93. The van der Waals surface area contributed by atoms with Crippen LogP contribution in [-0.4, -0.2) is 27.8 Å². The molecule has 2 heterocycles. The molecule has 3 aromatic carbocycles. The van der Waals surface area contributed by atoms with Crippen LogP contribution in [0.15, 0.2) is 78.9 Å². The van der Waals surface area contributed by atoms with Crippen molar-refractivity contribution in [1.82, 2.24) is 14.5 Å². The van der Waals surface area contributed by atoms with Crippen LogP contribution in [0.25, 0.3) is 22.6 Å². The summed E-state index contributed by atoms with van der Waals surface area (Å²) in [6, 6.07) is 27.6. The van der Waals surface area contributed by atoms with Crippen molar-refractivity contribution in [2.75, 3.05) is 13.3 Å². The van der Waals surface area contributed by atoms with Gasteiger partial charge in [-0.05, 0) is 37.1 Å². The highest BCUT2D eigenvalue weighted by atomic mass is 16.7. The van der Waals surface area contributed by atoms with Crippen molar-refractivity contribution >= 4 is 0 Å². The Bertz CT molecular complexity index is 1280. The molecule has 192 valence electrons. The van der Waals surface area contributed by atoms with Crippen molar-refractivity contribution in [3.63, 3.8) is 0 Å². The van der Waals surface area contributed by atoms with Crippen LogP contribution in [0.3, 0.4) is 0 Å². The smallest absolute Gasteiger partial charge is 0.231 e. The van der Waals surface area contributed by atoms with Crippen molar-refractivity contribution in [3.8, 4) is 34.1 Å². The van der Waals surface area contributed by atoms with E-state index in [1.807, 2.05) is 6.07 Å². The molecule has 1 aliphatic heterocycles. The fourth-order valence-electron chi connectivity index (χ4n) is 4.94. The van der Waals surface area contributed by atoms with Crippen molar-refractivity contribution in [3.05, 3.63) is 90.1 Å². The highest BCUT2D eigenvalue weighted by molar-refractivity contribution is 5.68. The van der Waals surface area contributed by atoms with Crippen molar-refractivity contribution in [1.29, 1.82) is 0 Å². The molecule has 0 spiro atoms. The molecule has 0 saturated carbocycles. The van der Waals surface area contributed by atoms with Gasteiger partial charge in [-0.25, -0.2) is 4.98 Å². The van der Waals surface area contributed by atoms with E-state index >= 15 is 0 Å². The van der Waals surface area contributed by atoms with Gasteiger partial charge in [-0.1, -0.05) is 93.4 Å². The zero-order valence-electron chi connectivity index (χ0n) is 22.0. The molecule has 4 aromatic rings. The number of aromatic nitrogens is 2. The standard InChI is InChI=1S/C32H37N3O2/c1-3-5-19-34(22-25-17-18-29-30(21-25)37-24-36-29)23-28-31(26-13-9-7-10-14-26)33-32(35(28)20-6-4-2)27-15-11-8-12-16-27/h7-18,21H,3-6,19-20,22-24H2,1-2H3. The number of unbranched alkanes of at least 4 members (excludes halogenated alkanes) is 2.